The van der Waals surface area contributed by atoms with E-state index in [1.54, 1.807) is 4.90 Å². The summed E-state index contributed by atoms with van der Waals surface area (Å²) in [5.74, 6) is 2.76. The van der Waals surface area contributed by atoms with Crippen molar-refractivity contribution in [3.05, 3.63) is 29.8 Å². The number of para-hydroxylation sites is 1. The van der Waals surface area contributed by atoms with Gasteiger partial charge in [-0.15, -0.1) is 6.42 Å². The Morgan fingerprint density at radius 2 is 2.09 bits per heavy atom. The highest BCUT2D eigenvalue weighted by molar-refractivity contribution is 5.97. The Bertz CT molecular complexity index is 764. The van der Waals surface area contributed by atoms with Crippen molar-refractivity contribution >= 4 is 17.5 Å². The summed E-state index contributed by atoms with van der Waals surface area (Å²) in [4.78, 5) is 26.5. The van der Waals surface area contributed by atoms with Gasteiger partial charge in [-0.25, -0.2) is 0 Å². The van der Waals surface area contributed by atoms with E-state index in [9.17, 15) is 9.59 Å². The molecule has 5 nitrogen and oxygen atoms in total. The highest BCUT2D eigenvalue weighted by Gasteiger charge is 2.66. The third kappa shape index (κ3) is 1.53. The third-order valence-electron chi connectivity index (χ3n) is 5.78. The smallest absolute Gasteiger partial charge is 0.244 e. The molecule has 0 bridgehead atoms. The molecular formula is C18H19N3O2. The van der Waals surface area contributed by atoms with E-state index in [1.807, 2.05) is 32.0 Å². The summed E-state index contributed by atoms with van der Waals surface area (Å²) in [6.45, 7) is 4.09. The Kier molecular flexibility index (Phi) is 2.63. The second-order valence-electron chi connectivity index (χ2n) is 7.07. The van der Waals surface area contributed by atoms with Gasteiger partial charge in [-0.2, -0.15) is 0 Å². The normalized spacial score (nSPS) is 31.6. The van der Waals surface area contributed by atoms with Crippen molar-refractivity contribution < 1.29 is 9.59 Å². The van der Waals surface area contributed by atoms with Crippen molar-refractivity contribution in [1.82, 2.24) is 10.2 Å². The molecule has 2 amide bonds. The van der Waals surface area contributed by atoms with Crippen LogP contribution in [0.2, 0.25) is 0 Å². The number of nitrogens with one attached hydrogen (secondary N) is 2. The summed E-state index contributed by atoms with van der Waals surface area (Å²) >= 11 is 0. The maximum absolute atomic E-state index is 12.5. The number of amides is 2. The number of piperazine rings is 1. The molecular weight excluding hydrogens is 290 g/mol. The van der Waals surface area contributed by atoms with Crippen LogP contribution in [0.1, 0.15) is 25.8 Å². The summed E-state index contributed by atoms with van der Waals surface area (Å²) in [5, 5.41) is 6.15. The SMILES string of the molecule is C#CC(C)(C)[C@]12C[C@H]3C(=O)NCC(=O)N3[C@H]1Nc1ccccc12. The van der Waals surface area contributed by atoms with Gasteiger partial charge in [0, 0.05) is 11.1 Å². The number of benzene rings is 1. The number of anilines is 1. The minimum atomic E-state index is -0.505. The van der Waals surface area contributed by atoms with E-state index in [1.165, 1.54) is 0 Å². The van der Waals surface area contributed by atoms with Gasteiger partial charge in [-0.05, 0) is 31.9 Å². The van der Waals surface area contributed by atoms with Crippen LogP contribution in [0.4, 0.5) is 5.69 Å². The first kappa shape index (κ1) is 14.1. The fourth-order valence-electron chi connectivity index (χ4n) is 4.50. The average Bonchev–Trinajstić information content (AvgIpc) is 3.04. The molecule has 1 aromatic rings. The molecule has 0 spiro atoms. The minimum Gasteiger partial charge on any atom is -0.364 e. The third-order valence-corrected chi connectivity index (χ3v) is 5.78. The first-order valence-corrected chi connectivity index (χ1v) is 7.85. The molecule has 2 N–H and O–H groups in total. The monoisotopic (exact) mass is 309 g/mol. The molecule has 5 heteroatoms. The first-order chi connectivity index (χ1) is 10.9. The van der Waals surface area contributed by atoms with E-state index in [4.69, 9.17) is 6.42 Å². The predicted molar refractivity (Wildman–Crippen MR) is 86.4 cm³/mol. The van der Waals surface area contributed by atoms with Crippen LogP contribution in [0, 0.1) is 17.8 Å². The molecule has 0 aromatic heterocycles. The number of fused-ring (bicyclic) bond motifs is 5. The first-order valence-electron chi connectivity index (χ1n) is 7.85. The van der Waals surface area contributed by atoms with Gasteiger partial charge in [0.25, 0.3) is 0 Å². The molecule has 118 valence electrons. The lowest BCUT2D eigenvalue weighted by atomic mass is 9.60. The number of rotatable bonds is 1. The maximum Gasteiger partial charge on any atom is 0.244 e. The van der Waals surface area contributed by atoms with E-state index >= 15 is 0 Å². The molecule has 0 saturated carbocycles. The maximum atomic E-state index is 12.5. The van der Waals surface area contributed by atoms with Gasteiger partial charge < -0.3 is 15.5 Å². The van der Waals surface area contributed by atoms with Crippen LogP contribution in [0.5, 0.6) is 0 Å². The van der Waals surface area contributed by atoms with Gasteiger partial charge in [0.2, 0.25) is 11.8 Å². The Labute approximate surface area is 135 Å². The lowest BCUT2D eigenvalue weighted by Crippen LogP contribution is -2.60. The molecule has 0 aliphatic carbocycles. The largest absolute Gasteiger partial charge is 0.364 e. The van der Waals surface area contributed by atoms with Crippen molar-refractivity contribution in [1.29, 1.82) is 0 Å². The molecule has 2 fully saturated rings. The number of nitrogens with zero attached hydrogens (tertiary/aromatic N) is 1. The van der Waals surface area contributed by atoms with Crippen LogP contribution in [0.15, 0.2) is 24.3 Å². The zero-order valence-corrected chi connectivity index (χ0v) is 13.2. The van der Waals surface area contributed by atoms with Gasteiger partial charge in [0.15, 0.2) is 0 Å². The summed E-state index contributed by atoms with van der Waals surface area (Å²) in [6.07, 6.45) is 6.13. The topological polar surface area (TPSA) is 61.4 Å². The van der Waals surface area contributed by atoms with Crippen LogP contribution in [0.25, 0.3) is 0 Å². The quantitative estimate of drug-likeness (QED) is 0.763. The molecule has 2 saturated heterocycles. The number of carbonyl (C=O) groups excluding carboxylic acids is 2. The van der Waals surface area contributed by atoms with Crippen LogP contribution in [0.3, 0.4) is 0 Å². The van der Waals surface area contributed by atoms with Crippen molar-refractivity contribution in [2.75, 3.05) is 11.9 Å². The molecule has 3 aliphatic heterocycles. The Hall–Kier alpha value is -2.48. The van der Waals surface area contributed by atoms with Crippen LogP contribution in [-0.2, 0) is 15.0 Å². The number of hydrogen-bond acceptors (Lipinski definition) is 3. The van der Waals surface area contributed by atoms with Gasteiger partial charge >= 0.3 is 0 Å². The Balaban J connectivity index is 1.95. The minimum absolute atomic E-state index is 0.0520. The van der Waals surface area contributed by atoms with Gasteiger partial charge in [0.1, 0.15) is 12.2 Å². The number of terminal acetylenes is 1. The molecule has 3 aliphatic rings. The highest BCUT2D eigenvalue weighted by atomic mass is 16.2. The second kappa shape index (κ2) is 4.29. The van der Waals surface area contributed by atoms with Gasteiger partial charge in [0.05, 0.1) is 12.0 Å². The zero-order chi connectivity index (χ0) is 16.4. The summed E-state index contributed by atoms with van der Waals surface area (Å²) in [7, 11) is 0. The average molecular weight is 309 g/mol. The van der Waals surface area contributed by atoms with Crippen LogP contribution >= 0.6 is 0 Å². The summed E-state index contributed by atoms with van der Waals surface area (Å²) in [5.41, 5.74) is 1.12. The van der Waals surface area contributed by atoms with E-state index in [0.29, 0.717) is 6.42 Å². The van der Waals surface area contributed by atoms with E-state index in [0.717, 1.165) is 11.3 Å². The predicted octanol–water partition coefficient (Wildman–Crippen LogP) is 1.07. The Morgan fingerprint density at radius 1 is 1.35 bits per heavy atom. The van der Waals surface area contributed by atoms with Crippen molar-refractivity contribution in [2.24, 2.45) is 5.41 Å². The van der Waals surface area contributed by atoms with Crippen molar-refractivity contribution in [3.8, 4) is 12.3 Å². The summed E-state index contributed by atoms with van der Waals surface area (Å²) < 4.78 is 0. The van der Waals surface area contributed by atoms with E-state index < -0.39 is 16.9 Å². The second-order valence-corrected chi connectivity index (χ2v) is 7.07. The van der Waals surface area contributed by atoms with Crippen molar-refractivity contribution in [3.63, 3.8) is 0 Å². The summed E-state index contributed by atoms with van der Waals surface area (Å²) in [6, 6.07) is 7.55. The fourth-order valence-corrected chi connectivity index (χ4v) is 4.50. The Morgan fingerprint density at radius 3 is 2.83 bits per heavy atom. The highest BCUT2D eigenvalue weighted by Crippen LogP contribution is 2.59. The zero-order valence-electron chi connectivity index (χ0n) is 13.2. The molecule has 0 unspecified atom stereocenters. The number of carbonyl (C=O) groups is 2. The van der Waals surface area contributed by atoms with Gasteiger partial charge in [-0.3, -0.25) is 9.59 Å². The van der Waals surface area contributed by atoms with Crippen molar-refractivity contribution in [2.45, 2.75) is 37.9 Å². The molecule has 3 atom stereocenters. The molecule has 3 heterocycles. The molecule has 1 aromatic carbocycles. The van der Waals surface area contributed by atoms with E-state index in [2.05, 4.69) is 22.6 Å². The lowest BCUT2D eigenvalue weighted by molar-refractivity contribution is -0.144. The molecule has 23 heavy (non-hydrogen) atoms. The number of hydrogen-bond donors (Lipinski definition) is 2. The fraction of sp³-hybridized carbons (Fsp3) is 0.444. The van der Waals surface area contributed by atoms with E-state index in [-0.39, 0.29) is 24.5 Å². The standard InChI is InChI=1S/C18H19N3O2/c1-4-17(2,3)18-9-13-15(23)19-10-14(22)21(13)16(18)20-12-8-6-5-7-11(12)18/h1,5-8,13,16,20H,9-10H2,2-3H3,(H,19,23)/t13-,16+,18-/m0/s1. The van der Waals surface area contributed by atoms with Crippen LogP contribution in [-0.4, -0.2) is 35.5 Å². The molecule has 4 rings (SSSR count). The lowest BCUT2D eigenvalue weighted by Gasteiger charge is -2.42. The van der Waals surface area contributed by atoms with Gasteiger partial charge in [-0.1, -0.05) is 24.1 Å². The van der Waals surface area contributed by atoms with Crippen LogP contribution < -0.4 is 10.6 Å². The molecule has 0 radical (unpaired) electrons.